The summed E-state index contributed by atoms with van der Waals surface area (Å²) in [7, 11) is 0. The molecule has 1 aromatic carbocycles. The van der Waals surface area contributed by atoms with Gasteiger partial charge in [0.2, 0.25) is 6.79 Å². The Hall–Kier alpha value is -3.10. The number of ether oxygens (including phenoxy) is 3. The molecule has 9 nitrogen and oxygen atoms in total. The molecule has 0 fully saturated rings. The summed E-state index contributed by atoms with van der Waals surface area (Å²) in [6, 6.07) is 4.76. The average Bonchev–Trinajstić information content (AvgIpc) is 3.20. The first-order valence-corrected chi connectivity index (χ1v) is 7.20. The number of amides is 1. The van der Waals surface area contributed by atoms with Crippen molar-refractivity contribution in [1.29, 1.82) is 0 Å². The van der Waals surface area contributed by atoms with Crippen LogP contribution in [0.4, 0.5) is 0 Å². The number of aromatic nitrogens is 2. The Bertz CT molecular complexity index is 772. The van der Waals surface area contributed by atoms with E-state index in [1.54, 1.807) is 32.0 Å². The van der Waals surface area contributed by atoms with E-state index >= 15 is 0 Å². The highest BCUT2D eigenvalue weighted by atomic mass is 16.7. The monoisotopic (exact) mass is 333 g/mol. The summed E-state index contributed by atoms with van der Waals surface area (Å²) in [6.45, 7) is 3.10. The molecule has 0 saturated carbocycles. The Kier molecular flexibility index (Phi) is 4.32. The van der Waals surface area contributed by atoms with Crippen LogP contribution >= 0.6 is 0 Å². The third-order valence-electron chi connectivity index (χ3n) is 3.23. The Labute approximate surface area is 136 Å². The van der Waals surface area contributed by atoms with Crippen molar-refractivity contribution in [2.45, 2.75) is 20.0 Å². The van der Waals surface area contributed by atoms with Gasteiger partial charge in [-0.25, -0.2) is 0 Å². The van der Waals surface area contributed by atoms with Gasteiger partial charge < -0.3 is 24.1 Å². The van der Waals surface area contributed by atoms with Gasteiger partial charge in [-0.2, -0.15) is 4.98 Å². The minimum atomic E-state index is -0.693. The van der Waals surface area contributed by atoms with Crippen LogP contribution in [0, 0.1) is 6.92 Å². The van der Waals surface area contributed by atoms with E-state index in [1.165, 1.54) is 0 Å². The van der Waals surface area contributed by atoms with E-state index in [0.29, 0.717) is 22.9 Å². The molecule has 0 bridgehead atoms. The quantitative estimate of drug-likeness (QED) is 0.811. The maximum absolute atomic E-state index is 12.1. The third kappa shape index (κ3) is 3.45. The summed E-state index contributed by atoms with van der Waals surface area (Å²) >= 11 is 0. The van der Waals surface area contributed by atoms with Crippen molar-refractivity contribution in [3.8, 4) is 11.5 Å². The first kappa shape index (κ1) is 15.8. The summed E-state index contributed by atoms with van der Waals surface area (Å²) in [5, 5.41) is 6.09. The molecule has 1 aliphatic heterocycles. The van der Waals surface area contributed by atoms with Crippen molar-refractivity contribution < 1.29 is 28.3 Å². The molecule has 3 rings (SSSR count). The van der Waals surface area contributed by atoms with Gasteiger partial charge in [0.1, 0.15) is 6.54 Å². The van der Waals surface area contributed by atoms with E-state index in [0.717, 1.165) is 0 Å². The van der Waals surface area contributed by atoms with Gasteiger partial charge in [0.25, 0.3) is 11.8 Å². The number of esters is 1. The molecule has 1 N–H and O–H groups in total. The van der Waals surface area contributed by atoms with Crippen LogP contribution in [0.2, 0.25) is 0 Å². The molecule has 2 aromatic rings. The van der Waals surface area contributed by atoms with Crippen molar-refractivity contribution >= 4 is 11.9 Å². The number of aryl methyl sites for hydroxylation is 1. The number of rotatable bonds is 5. The number of nitrogens with one attached hydrogen (secondary N) is 1. The zero-order valence-corrected chi connectivity index (χ0v) is 13.1. The molecule has 0 spiro atoms. The Morgan fingerprint density at radius 2 is 2.12 bits per heavy atom. The average molecular weight is 333 g/mol. The predicted octanol–water partition coefficient (Wildman–Crippen LogP) is 1.14. The smallest absolute Gasteiger partial charge is 0.326 e. The molecule has 126 valence electrons. The Morgan fingerprint density at radius 3 is 2.88 bits per heavy atom. The van der Waals surface area contributed by atoms with E-state index < -0.39 is 18.0 Å². The Balaban J connectivity index is 1.51. The number of fused-ring (bicyclic) bond motifs is 1. The number of carbonyl (C=O) groups is 2. The van der Waals surface area contributed by atoms with Crippen molar-refractivity contribution in [2.24, 2.45) is 0 Å². The zero-order valence-electron chi connectivity index (χ0n) is 13.1. The summed E-state index contributed by atoms with van der Waals surface area (Å²) in [6.07, 6.45) is -0.693. The fourth-order valence-corrected chi connectivity index (χ4v) is 2.06. The molecule has 1 aliphatic rings. The first-order valence-electron chi connectivity index (χ1n) is 7.20. The largest absolute Gasteiger partial charge is 0.454 e. The minimum Gasteiger partial charge on any atom is -0.454 e. The van der Waals surface area contributed by atoms with Gasteiger partial charge in [-0.15, -0.1) is 0 Å². The second-order valence-corrected chi connectivity index (χ2v) is 5.06. The van der Waals surface area contributed by atoms with E-state index in [2.05, 4.69) is 15.5 Å². The number of carbonyl (C=O) groups excluding carboxylic acids is 2. The highest BCUT2D eigenvalue weighted by Gasteiger charge is 2.19. The molecular weight excluding hydrogens is 318 g/mol. The van der Waals surface area contributed by atoms with Gasteiger partial charge in [0, 0.05) is 5.56 Å². The maximum atomic E-state index is 12.1. The molecule has 0 aliphatic carbocycles. The molecule has 9 heteroatoms. The van der Waals surface area contributed by atoms with Crippen LogP contribution in [0.5, 0.6) is 11.5 Å². The fraction of sp³-hybridized carbons (Fsp3) is 0.333. The van der Waals surface area contributed by atoms with Gasteiger partial charge in [0.05, 0.1) is 0 Å². The Morgan fingerprint density at radius 1 is 1.33 bits per heavy atom. The normalized spacial score (nSPS) is 13.4. The summed E-state index contributed by atoms with van der Waals surface area (Å²) < 4.78 is 20.4. The molecule has 1 aromatic heterocycles. The number of hydrogen-bond acceptors (Lipinski definition) is 8. The molecule has 1 unspecified atom stereocenters. The van der Waals surface area contributed by atoms with Gasteiger partial charge >= 0.3 is 5.97 Å². The topological polar surface area (TPSA) is 113 Å². The van der Waals surface area contributed by atoms with E-state index in [4.69, 9.17) is 18.7 Å². The number of hydrogen-bond donors (Lipinski definition) is 1. The molecule has 0 radical (unpaired) electrons. The highest BCUT2D eigenvalue weighted by Crippen LogP contribution is 2.32. The van der Waals surface area contributed by atoms with E-state index in [1.807, 2.05) is 0 Å². The summed E-state index contributed by atoms with van der Waals surface area (Å²) in [5.41, 5.74) is 0.354. The van der Waals surface area contributed by atoms with Crippen LogP contribution in [-0.4, -0.2) is 35.4 Å². The van der Waals surface area contributed by atoms with E-state index in [9.17, 15) is 9.59 Å². The summed E-state index contributed by atoms with van der Waals surface area (Å²) in [5.74, 6) is 0.672. The fourth-order valence-electron chi connectivity index (χ4n) is 2.06. The van der Waals surface area contributed by atoms with E-state index in [-0.39, 0.29) is 19.2 Å². The molecule has 2 heterocycles. The highest BCUT2D eigenvalue weighted by molar-refractivity contribution is 5.96. The van der Waals surface area contributed by atoms with Crippen molar-refractivity contribution in [3.63, 3.8) is 0 Å². The molecule has 24 heavy (non-hydrogen) atoms. The SMILES string of the molecule is Cc1noc(C(C)OC(=O)CNC(=O)c2ccc3c(c2)OCO3)n1. The van der Waals surface area contributed by atoms with Gasteiger partial charge in [-0.3, -0.25) is 9.59 Å². The van der Waals surface area contributed by atoms with Crippen molar-refractivity contribution in [1.82, 2.24) is 15.5 Å². The van der Waals surface area contributed by atoms with Crippen LogP contribution < -0.4 is 14.8 Å². The maximum Gasteiger partial charge on any atom is 0.326 e. The van der Waals surface area contributed by atoms with Crippen LogP contribution in [0.15, 0.2) is 22.7 Å². The number of nitrogens with zero attached hydrogens (tertiary/aromatic N) is 2. The van der Waals surface area contributed by atoms with Crippen LogP contribution in [-0.2, 0) is 9.53 Å². The lowest BCUT2D eigenvalue weighted by Gasteiger charge is -2.10. The lowest BCUT2D eigenvalue weighted by Crippen LogP contribution is -2.31. The molecule has 0 saturated heterocycles. The van der Waals surface area contributed by atoms with Crippen molar-refractivity contribution in [2.75, 3.05) is 13.3 Å². The number of benzene rings is 1. The second-order valence-electron chi connectivity index (χ2n) is 5.06. The van der Waals surface area contributed by atoms with Gasteiger partial charge in [0.15, 0.2) is 23.4 Å². The van der Waals surface area contributed by atoms with Gasteiger partial charge in [-0.05, 0) is 32.0 Å². The first-order chi connectivity index (χ1) is 11.5. The standard InChI is InChI=1S/C15H15N3O6/c1-8(15-17-9(2)18-24-15)23-13(19)6-16-14(20)10-3-4-11-12(5-10)22-7-21-11/h3-5,8H,6-7H2,1-2H3,(H,16,20). The molecule has 1 amide bonds. The summed E-state index contributed by atoms with van der Waals surface area (Å²) in [4.78, 5) is 27.8. The van der Waals surface area contributed by atoms with Crippen LogP contribution in [0.25, 0.3) is 0 Å². The lowest BCUT2D eigenvalue weighted by molar-refractivity contribution is -0.148. The minimum absolute atomic E-state index is 0.125. The van der Waals surface area contributed by atoms with Crippen LogP contribution in [0.3, 0.4) is 0 Å². The molecular formula is C15H15N3O6. The molecule has 1 atom stereocenters. The predicted molar refractivity (Wildman–Crippen MR) is 78.4 cm³/mol. The zero-order chi connectivity index (χ0) is 17.1. The van der Waals surface area contributed by atoms with Gasteiger partial charge in [-0.1, -0.05) is 5.16 Å². The van der Waals surface area contributed by atoms with Crippen LogP contribution in [0.1, 0.15) is 35.1 Å². The lowest BCUT2D eigenvalue weighted by atomic mass is 10.2. The second kappa shape index (κ2) is 6.57. The third-order valence-corrected chi connectivity index (χ3v) is 3.23. The van der Waals surface area contributed by atoms with Crippen molar-refractivity contribution in [3.05, 3.63) is 35.5 Å².